The van der Waals surface area contributed by atoms with Crippen LogP contribution in [0.1, 0.15) is 24.2 Å². The van der Waals surface area contributed by atoms with Crippen LogP contribution in [0.25, 0.3) is 0 Å². The first kappa shape index (κ1) is 14.0. The molecule has 0 saturated carbocycles. The second kappa shape index (κ2) is 4.92. The van der Waals surface area contributed by atoms with Crippen molar-refractivity contribution in [3.63, 3.8) is 0 Å². The van der Waals surface area contributed by atoms with E-state index in [0.29, 0.717) is 11.3 Å². The van der Waals surface area contributed by atoms with Gasteiger partial charge < -0.3 is 10.2 Å². The molecule has 1 saturated heterocycles. The number of hydrogen-bond acceptors (Lipinski definition) is 5. The number of nitrogens with one attached hydrogen (secondary N) is 2. The molecule has 106 valence electrons. The molecule has 20 heavy (non-hydrogen) atoms. The normalized spacial score (nSPS) is 17.6. The lowest BCUT2D eigenvalue weighted by molar-refractivity contribution is -0.143. The summed E-state index contributed by atoms with van der Waals surface area (Å²) in [6.07, 6.45) is 3.01. The number of anilines is 1. The second-order valence-electron chi connectivity index (χ2n) is 5.00. The molecule has 0 bridgehead atoms. The Kier molecular flexibility index (Phi) is 3.44. The van der Waals surface area contributed by atoms with Crippen molar-refractivity contribution in [2.45, 2.75) is 19.4 Å². The van der Waals surface area contributed by atoms with Gasteiger partial charge in [-0.25, -0.2) is 0 Å². The minimum atomic E-state index is -1.08. The number of hydrogen-bond donors (Lipinski definition) is 2. The third-order valence-electron chi connectivity index (χ3n) is 3.35. The van der Waals surface area contributed by atoms with Crippen molar-refractivity contribution in [1.29, 1.82) is 0 Å². The number of amides is 3. The van der Waals surface area contributed by atoms with Crippen LogP contribution in [0.4, 0.5) is 5.69 Å². The zero-order valence-corrected chi connectivity index (χ0v) is 11.6. The Balaban J connectivity index is 2.41. The first-order valence-corrected chi connectivity index (χ1v) is 6.16. The Labute approximate surface area is 116 Å². The fourth-order valence-corrected chi connectivity index (χ4v) is 2.03. The van der Waals surface area contributed by atoms with Crippen LogP contribution >= 0.6 is 0 Å². The number of carbonyl (C=O) groups excluding carboxylic acids is 3. The first-order chi connectivity index (χ1) is 9.37. The van der Waals surface area contributed by atoms with Gasteiger partial charge in [0, 0.05) is 13.2 Å². The molecule has 2 heterocycles. The third-order valence-corrected chi connectivity index (χ3v) is 3.35. The topological polar surface area (TPSA) is 91.4 Å². The first-order valence-electron chi connectivity index (χ1n) is 6.16. The Morgan fingerprint density at radius 3 is 2.80 bits per heavy atom. The van der Waals surface area contributed by atoms with Gasteiger partial charge in [0.2, 0.25) is 5.91 Å². The highest BCUT2D eigenvalue weighted by Crippen LogP contribution is 2.23. The number of pyridine rings is 1. The van der Waals surface area contributed by atoms with Crippen molar-refractivity contribution in [2.75, 3.05) is 18.9 Å². The predicted octanol–water partition coefficient (Wildman–Crippen LogP) is 0.000500. The maximum absolute atomic E-state index is 12.6. The lowest BCUT2D eigenvalue weighted by atomic mass is 9.97. The molecular formula is C13H16N4O3. The molecule has 1 fully saturated rings. The van der Waals surface area contributed by atoms with E-state index >= 15 is 0 Å². The van der Waals surface area contributed by atoms with Crippen molar-refractivity contribution in [1.82, 2.24) is 15.2 Å². The zero-order valence-electron chi connectivity index (χ0n) is 11.6. The average Bonchev–Trinajstić information content (AvgIpc) is 2.42. The van der Waals surface area contributed by atoms with Gasteiger partial charge in [-0.3, -0.25) is 24.7 Å². The van der Waals surface area contributed by atoms with E-state index in [1.807, 2.05) is 0 Å². The predicted molar refractivity (Wildman–Crippen MR) is 72.0 cm³/mol. The molecule has 2 rings (SSSR count). The summed E-state index contributed by atoms with van der Waals surface area (Å²) in [4.78, 5) is 41.2. The summed E-state index contributed by atoms with van der Waals surface area (Å²) < 4.78 is 0. The number of carbonyl (C=O) groups is 3. The van der Waals surface area contributed by atoms with E-state index in [0.717, 1.165) is 0 Å². The van der Waals surface area contributed by atoms with Gasteiger partial charge in [-0.2, -0.15) is 0 Å². The Bertz CT molecular complexity index is 583. The largest absolute Gasteiger partial charge is 0.386 e. The minimum absolute atomic E-state index is 0.150. The second-order valence-corrected chi connectivity index (χ2v) is 5.00. The van der Waals surface area contributed by atoms with Gasteiger partial charge >= 0.3 is 0 Å². The van der Waals surface area contributed by atoms with Gasteiger partial charge in [-0.1, -0.05) is 0 Å². The fraction of sp³-hybridized carbons (Fsp3) is 0.385. The van der Waals surface area contributed by atoms with Gasteiger partial charge in [0.15, 0.2) is 0 Å². The highest BCUT2D eigenvalue weighted by Gasteiger charge is 2.44. The molecule has 7 heteroatoms. The van der Waals surface area contributed by atoms with Crippen LogP contribution in [-0.4, -0.2) is 46.7 Å². The molecule has 2 N–H and O–H groups in total. The standard InChI is InChI=1S/C13H16N4O3/c1-13(2)12(20)16-10(18)7-17(13)11(19)8-4-5-15-6-9(8)14-3/h4-6,14H,7H2,1-3H3,(H,16,18,20). The van der Waals surface area contributed by atoms with Crippen LogP contribution in [0, 0.1) is 0 Å². The van der Waals surface area contributed by atoms with Gasteiger partial charge in [-0.05, 0) is 19.9 Å². The maximum atomic E-state index is 12.6. The van der Waals surface area contributed by atoms with E-state index in [1.54, 1.807) is 27.0 Å². The molecule has 1 aliphatic rings. The van der Waals surface area contributed by atoms with Gasteiger partial charge in [-0.15, -0.1) is 0 Å². The molecule has 0 atom stereocenters. The van der Waals surface area contributed by atoms with Crippen LogP contribution < -0.4 is 10.6 Å². The van der Waals surface area contributed by atoms with Crippen molar-refractivity contribution in [3.8, 4) is 0 Å². The summed E-state index contributed by atoms with van der Waals surface area (Å²) in [5.74, 6) is -1.35. The minimum Gasteiger partial charge on any atom is -0.386 e. The van der Waals surface area contributed by atoms with E-state index < -0.39 is 17.4 Å². The van der Waals surface area contributed by atoms with Crippen LogP contribution in [-0.2, 0) is 9.59 Å². The Morgan fingerprint density at radius 1 is 1.45 bits per heavy atom. The number of piperazine rings is 1. The number of rotatable bonds is 2. The molecular weight excluding hydrogens is 260 g/mol. The van der Waals surface area contributed by atoms with E-state index in [4.69, 9.17) is 0 Å². The highest BCUT2D eigenvalue weighted by molar-refractivity contribution is 6.10. The van der Waals surface area contributed by atoms with Gasteiger partial charge in [0.25, 0.3) is 11.8 Å². The Hall–Kier alpha value is -2.44. The van der Waals surface area contributed by atoms with E-state index in [2.05, 4.69) is 15.6 Å². The summed E-state index contributed by atoms with van der Waals surface area (Å²) in [6, 6.07) is 1.56. The van der Waals surface area contributed by atoms with Crippen molar-refractivity contribution in [3.05, 3.63) is 24.0 Å². The molecule has 1 aliphatic heterocycles. The lowest BCUT2D eigenvalue weighted by Crippen LogP contribution is -2.65. The monoisotopic (exact) mass is 276 g/mol. The molecule has 0 aromatic carbocycles. The fourth-order valence-electron chi connectivity index (χ4n) is 2.03. The average molecular weight is 276 g/mol. The zero-order chi connectivity index (χ0) is 14.9. The number of imide groups is 1. The molecule has 1 aromatic rings. The van der Waals surface area contributed by atoms with Gasteiger partial charge in [0.1, 0.15) is 12.1 Å². The SMILES string of the molecule is CNc1cnccc1C(=O)N1CC(=O)NC(=O)C1(C)C. The molecule has 0 unspecified atom stereocenters. The quantitative estimate of drug-likeness (QED) is 0.742. The van der Waals surface area contributed by atoms with Crippen molar-refractivity contribution >= 4 is 23.4 Å². The van der Waals surface area contributed by atoms with Crippen LogP contribution in [0.3, 0.4) is 0 Å². The highest BCUT2D eigenvalue weighted by atomic mass is 16.2. The van der Waals surface area contributed by atoms with E-state index in [9.17, 15) is 14.4 Å². The van der Waals surface area contributed by atoms with Crippen LogP contribution in [0.2, 0.25) is 0 Å². The lowest BCUT2D eigenvalue weighted by Gasteiger charge is -2.40. The third kappa shape index (κ3) is 2.22. The van der Waals surface area contributed by atoms with Crippen LogP contribution in [0.5, 0.6) is 0 Å². The van der Waals surface area contributed by atoms with E-state index in [1.165, 1.54) is 17.3 Å². The van der Waals surface area contributed by atoms with E-state index in [-0.39, 0.29) is 12.5 Å². The Morgan fingerprint density at radius 2 is 2.15 bits per heavy atom. The number of aromatic nitrogens is 1. The number of nitrogens with zero attached hydrogens (tertiary/aromatic N) is 2. The molecule has 0 spiro atoms. The maximum Gasteiger partial charge on any atom is 0.257 e. The summed E-state index contributed by atoms with van der Waals surface area (Å²) in [5.41, 5.74) is -0.163. The molecule has 0 aliphatic carbocycles. The van der Waals surface area contributed by atoms with Crippen molar-refractivity contribution in [2.24, 2.45) is 0 Å². The summed E-state index contributed by atoms with van der Waals surface area (Å²) >= 11 is 0. The summed E-state index contributed by atoms with van der Waals surface area (Å²) in [5, 5.41) is 5.10. The molecule has 7 nitrogen and oxygen atoms in total. The molecule has 0 radical (unpaired) electrons. The van der Waals surface area contributed by atoms with Gasteiger partial charge in [0.05, 0.1) is 17.4 Å². The van der Waals surface area contributed by atoms with Crippen LogP contribution in [0.15, 0.2) is 18.5 Å². The molecule has 1 aromatic heterocycles. The summed E-state index contributed by atoms with van der Waals surface area (Å²) in [7, 11) is 1.67. The molecule has 3 amide bonds. The summed E-state index contributed by atoms with van der Waals surface area (Å²) in [6.45, 7) is 3.06. The smallest absolute Gasteiger partial charge is 0.257 e. The van der Waals surface area contributed by atoms with Crippen molar-refractivity contribution < 1.29 is 14.4 Å².